The van der Waals surface area contributed by atoms with Crippen molar-refractivity contribution >= 4 is 22.6 Å². The number of carbonyl (C=O) groups is 2. The van der Waals surface area contributed by atoms with Crippen molar-refractivity contribution in [2.45, 2.75) is 89.0 Å². The molecular formula is C32H43N3O5. The van der Waals surface area contributed by atoms with Crippen molar-refractivity contribution < 1.29 is 23.9 Å². The summed E-state index contributed by atoms with van der Waals surface area (Å²) >= 11 is 0. The summed E-state index contributed by atoms with van der Waals surface area (Å²) in [5.74, 6) is 0.574. The molecule has 2 aromatic rings. The molecule has 1 saturated carbocycles. The predicted octanol–water partition coefficient (Wildman–Crippen LogP) is 5.02. The smallest absolute Gasteiger partial charge is 0.250 e. The third-order valence-electron chi connectivity index (χ3n) is 8.04. The lowest BCUT2D eigenvalue weighted by Crippen LogP contribution is -2.46. The Labute approximate surface area is 237 Å². The molecule has 2 aliphatic heterocycles. The normalized spacial score (nSPS) is 20.8. The van der Waals surface area contributed by atoms with Gasteiger partial charge < -0.3 is 19.7 Å². The number of hydroxylamine groups is 1. The lowest BCUT2D eigenvalue weighted by atomic mass is 10.0. The molecule has 40 heavy (non-hydrogen) atoms. The Bertz CT molecular complexity index is 1140. The molecule has 0 spiro atoms. The van der Waals surface area contributed by atoms with Gasteiger partial charge in [0, 0.05) is 50.0 Å². The molecule has 8 heteroatoms. The van der Waals surface area contributed by atoms with Crippen LogP contribution in [0.2, 0.25) is 0 Å². The monoisotopic (exact) mass is 549 g/mol. The minimum absolute atomic E-state index is 0.0521. The summed E-state index contributed by atoms with van der Waals surface area (Å²) in [6.07, 6.45) is 11.7. The van der Waals surface area contributed by atoms with E-state index in [0.717, 1.165) is 74.2 Å². The molecule has 2 amide bonds. The SMILES string of the molecule is O=C(CCCC/C=C(\COc1cccc2ccccc12)C(=O)NC1CCN(C2CC2)CC1)NOC1CCCCO1. The molecule has 8 nitrogen and oxygen atoms in total. The third-order valence-corrected chi connectivity index (χ3v) is 8.04. The maximum absolute atomic E-state index is 13.4. The van der Waals surface area contributed by atoms with Gasteiger partial charge in [0.2, 0.25) is 5.91 Å². The third kappa shape index (κ3) is 8.53. The van der Waals surface area contributed by atoms with Crippen molar-refractivity contribution in [3.05, 3.63) is 54.1 Å². The fraction of sp³-hybridized carbons (Fsp3) is 0.562. The van der Waals surface area contributed by atoms with Crippen LogP contribution < -0.4 is 15.5 Å². The average molecular weight is 550 g/mol. The summed E-state index contributed by atoms with van der Waals surface area (Å²) in [6, 6.07) is 15.1. The number of carbonyl (C=O) groups excluding carboxylic acids is 2. The van der Waals surface area contributed by atoms with Crippen LogP contribution in [0.5, 0.6) is 5.75 Å². The number of unbranched alkanes of at least 4 members (excludes halogenated alkanes) is 2. The van der Waals surface area contributed by atoms with Gasteiger partial charge in [0.25, 0.3) is 5.91 Å². The number of nitrogens with one attached hydrogen (secondary N) is 2. The molecule has 0 radical (unpaired) electrons. The highest BCUT2D eigenvalue weighted by molar-refractivity contribution is 5.94. The summed E-state index contributed by atoms with van der Waals surface area (Å²) < 4.78 is 11.7. The Hall–Kier alpha value is -2.94. The number of amides is 2. The minimum Gasteiger partial charge on any atom is -0.488 e. The second-order valence-corrected chi connectivity index (χ2v) is 11.2. The summed E-state index contributed by atoms with van der Waals surface area (Å²) in [5.41, 5.74) is 3.15. The van der Waals surface area contributed by atoms with Crippen LogP contribution in [0.3, 0.4) is 0 Å². The standard InChI is InChI=1S/C32H43N3O5/c36-30(34-40-31-15-6-7-22-38-31)14-3-1-2-10-25(23-39-29-13-8-11-24-9-4-5-12-28(24)29)32(37)33-26-18-20-35(21-19-26)27-16-17-27/h4-5,8-13,26-27,31H,1-3,6-7,14-23H2,(H,33,37)(H,34,36)/b25-10+. The molecule has 2 saturated heterocycles. The van der Waals surface area contributed by atoms with Crippen LogP contribution in [0.15, 0.2) is 54.1 Å². The van der Waals surface area contributed by atoms with Gasteiger partial charge in [-0.3, -0.25) is 9.59 Å². The highest BCUT2D eigenvalue weighted by Crippen LogP contribution is 2.29. The van der Waals surface area contributed by atoms with E-state index >= 15 is 0 Å². The largest absolute Gasteiger partial charge is 0.488 e. The molecule has 1 atom stereocenters. The van der Waals surface area contributed by atoms with Gasteiger partial charge in [0.05, 0.1) is 5.57 Å². The number of hydrogen-bond donors (Lipinski definition) is 2. The molecule has 0 aromatic heterocycles. The van der Waals surface area contributed by atoms with Gasteiger partial charge in [-0.2, -0.15) is 0 Å². The molecule has 1 unspecified atom stereocenters. The van der Waals surface area contributed by atoms with Gasteiger partial charge in [0.1, 0.15) is 12.4 Å². The molecule has 2 N–H and O–H groups in total. The predicted molar refractivity (Wildman–Crippen MR) is 155 cm³/mol. The Morgan fingerprint density at radius 2 is 1.80 bits per heavy atom. The molecule has 1 aliphatic carbocycles. The molecule has 2 aromatic carbocycles. The second kappa shape index (κ2) is 14.6. The summed E-state index contributed by atoms with van der Waals surface area (Å²) in [6.45, 7) is 2.99. The van der Waals surface area contributed by atoms with Crippen LogP contribution in [0, 0.1) is 0 Å². The first-order chi connectivity index (χ1) is 19.7. The van der Waals surface area contributed by atoms with Crippen LogP contribution in [0.4, 0.5) is 0 Å². The lowest BCUT2D eigenvalue weighted by molar-refractivity contribution is -0.200. The molecule has 5 rings (SSSR count). The van der Waals surface area contributed by atoms with Gasteiger partial charge in [-0.05, 0) is 69.2 Å². The zero-order valence-corrected chi connectivity index (χ0v) is 23.4. The van der Waals surface area contributed by atoms with Crippen molar-refractivity contribution in [2.24, 2.45) is 0 Å². The number of piperidine rings is 1. The molecular weight excluding hydrogens is 506 g/mol. The fourth-order valence-electron chi connectivity index (χ4n) is 5.51. The maximum Gasteiger partial charge on any atom is 0.250 e. The number of benzene rings is 2. The van der Waals surface area contributed by atoms with E-state index in [4.69, 9.17) is 14.3 Å². The Morgan fingerprint density at radius 3 is 2.60 bits per heavy atom. The van der Waals surface area contributed by atoms with E-state index in [-0.39, 0.29) is 30.8 Å². The number of fused-ring (bicyclic) bond motifs is 1. The van der Waals surface area contributed by atoms with E-state index in [1.807, 2.05) is 36.4 Å². The van der Waals surface area contributed by atoms with Gasteiger partial charge in [0.15, 0.2) is 6.29 Å². The quantitative estimate of drug-likeness (QED) is 0.207. The summed E-state index contributed by atoms with van der Waals surface area (Å²) in [7, 11) is 0. The Kier molecular flexibility index (Phi) is 10.4. The van der Waals surface area contributed by atoms with Crippen LogP contribution >= 0.6 is 0 Å². The molecule has 0 bridgehead atoms. The number of nitrogens with zero attached hydrogens (tertiary/aromatic N) is 1. The lowest BCUT2D eigenvalue weighted by Gasteiger charge is -2.32. The Morgan fingerprint density at radius 1 is 0.975 bits per heavy atom. The molecule has 3 aliphatic rings. The molecule has 2 heterocycles. The van der Waals surface area contributed by atoms with E-state index in [0.29, 0.717) is 31.4 Å². The number of likely N-dealkylation sites (tertiary alicyclic amines) is 1. The van der Waals surface area contributed by atoms with E-state index < -0.39 is 0 Å². The van der Waals surface area contributed by atoms with Crippen molar-refractivity contribution in [3.63, 3.8) is 0 Å². The first-order valence-corrected chi connectivity index (χ1v) is 15.1. The maximum atomic E-state index is 13.4. The van der Waals surface area contributed by atoms with E-state index in [1.54, 1.807) is 0 Å². The van der Waals surface area contributed by atoms with Crippen molar-refractivity contribution in [1.82, 2.24) is 15.7 Å². The van der Waals surface area contributed by atoms with Gasteiger partial charge in [-0.1, -0.05) is 42.5 Å². The Balaban J connectivity index is 1.12. The first kappa shape index (κ1) is 28.6. The van der Waals surface area contributed by atoms with Gasteiger partial charge in [-0.25, -0.2) is 10.3 Å². The van der Waals surface area contributed by atoms with Crippen molar-refractivity contribution in [2.75, 3.05) is 26.3 Å². The van der Waals surface area contributed by atoms with Crippen LogP contribution in [-0.2, 0) is 19.2 Å². The van der Waals surface area contributed by atoms with Crippen LogP contribution in [-0.4, -0.2) is 61.4 Å². The summed E-state index contributed by atoms with van der Waals surface area (Å²) in [5, 5.41) is 5.41. The highest BCUT2D eigenvalue weighted by atomic mass is 16.8. The zero-order chi connectivity index (χ0) is 27.6. The van der Waals surface area contributed by atoms with Crippen LogP contribution in [0.25, 0.3) is 10.8 Å². The number of ether oxygens (including phenoxy) is 2. The zero-order valence-electron chi connectivity index (χ0n) is 23.4. The highest BCUT2D eigenvalue weighted by Gasteiger charge is 2.32. The van der Waals surface area contributed by atoms with Gasteiger partial charge >= 0.3 is 0 Å². The van der Waals surface area contributed by atoms with E-state index in [9.17, 15) is 9.59 Å². The summed E-state index contributed by atoms with van der Waals surface area (Å²) in [4.78, 5) is 33.4. The number of hydrogen-bond acceptors (Lipinski definition) is 6. The second-order valence-electron chi connectivity index (χ2n) is 11.2. The van der Waals surface area contributed by atoms with Gasteiger partial charge in [-0.15, -0.1) is 0 Å². The van der Waals surface area contributed by atoms with E-state index in [1.165, 1.54) is 12.8 Å². The molecule has 216 valence electrons. The fourth-order valence-corrected chi connectivity index (χ4v) is 5.51. The molecule has 3 fully saturated rings. The number of allylic oxidation sites excluding steroid dienone is 1. The average Bonchev–Trinajstić information content (AvgIpc) is 3.84. The van der Waals surface area contributed by atoms with Crippen molar-refractivity contribution in [3.8, 4) is 5.75 Å². The minimum atomic E-state index is -0.343. The van der Waals surface area contributed by atoms with Crippen LogP contribution in [0.1, 0.15) is 70.6 Å². The topological polar surface area (TPSA) is 89.1 Å². The van der Waals surface area contributed by atoms with E-state index in [2.05, 4.69) is 27.8 Å². The first-order valence-electron chi connectivity index (χ1n) is 15.1. The van der Waals surface area contributed by atoms with Crippen molar-refractivity contribution in [1.29, 1.82) is 0 Å². The number of rotatable bonds is 13.